The van der Waals surface area contributed by atoms with Crippen LogP contribution in [-0.2, 0) is 9.53 Å². The normalized spacial score (nSPS) is 13.0. The topological polar surface area (TPSA) is 133 Å². The summed E-state index contributed by atoms with van der Waals surface area (Å²) in [6.07, 6.45) is 1.45. The van der Waals surface area contributed by atoms with E-state index < -0.39 is 24.0 Å². The van der Waals surface area contributed by atoms with Crippen LogP contribution in [0.15, 0.2) is 54.6 Å². The zero-order valence-electron chi connectivity index (χ0n) is 18.4. The fourth-order valence-electron chi connectivity index (χ4n) is 3.97. The number of anilines is 1. The van der Waals surface area contributed by atoms with Crippen LogP contribution in [0.4, 0.5) is 10.6 Å². The SMILES string of the molecule is CSCC[C@@H](NC(=O)c1cc(NC(=O)OCC2c3ccccc3-c3ccccc32)n[nH]1)C(=O)O. The van der Waals surface area contributed by atoms with E-state index in [-0.39, 0.29) is 24.0 Å². The summed E-state index contributed by atoms with van der Waals surface area (Å²) in [6, 6.07) is 16.4. The van der Waals surface area contributed by atoms with Crippen molar-refractivity contribution in [2.45, 2.75) is 18.4 Å². The van der Waals surface area contributed by atoms with Gasteiger partial charge >= 0.3 is 12.1 Å². The van der Waals surface area contributed by atoms with Crippen LogP contribution in [0.2, 0.25) is 0 Å². The van der Waals surface area contributed by atoms with Crippen molar-refractivity contribution >= 4 is 35.5 Å². The maximum Gasteiger partial charge on any atom is 0.412 e. The summed E-state index contributed by atoms with van der Waals surface area (Å²) in [5.74, 6) is -1.12. The highest BCUT2D eigenvalue weighted by atomic mass is 32.2. The lowest BCUT2D eigenvalue weighted by Crippen LogP contribution is -2.41. The van der Waals surface area contributed by atoms with E-state index in [1.54, 1.807) is 0 Å². The number of nitrogens with one attached hydrogen (secondary N) is 3. The van der Waals surface area contributed by atoms with E-state index in [1.807, 2.05) is 42.7 Å². The second kappa shape index (κ2) is 10.4. The molecule has 0 saturated carbocycles. The number of carbonyl (C=O) groups excluding carboxylic acids is 2. The molecule has 0 spiro atoms. The van der Waals surface area contributed by atoms with Gasteiger partial charge in [0.15, 0.2) is 5.82 Å². The first-order valence-corrected chi connectivity index (χ1v) is 12.1. The molecule has 2 aromatic carbocycles. The van der Waals surface area contributed by atoms with Crippen LogP contribution in [0.5, 0.6) is 0 Å². The molecule has 1 atom stereocenters. The van der Waals surface area contributed by atoms with Crippen molar-refractivity contribution in [2.75, 3.05) is 23.9 Å². The Morgan fingerprint density at radius 1 is 1.12 bits per heavy atom. The molecule has 1 aliphatic carbocycles. The number of carboxylic acid groups (broad SMARTS) is 1. The fraction of sp³-hybridized carbons (Fsp3) is 0.250. The fourth-order valence-corrected chi connectivity index (χ4v) is 4.44. The summed E-state index contributed by atoms with van der Waals surface area (Å²) in [7, 11) is 0. The number of amides is 2. The smallest absolute Gasteiger partial charge is 0.412 e. The molecule has 1 aromatic heterocycles. The molecule has 176 valence electrons. The molecule has 3 aromatic rings. The number of benzene rings is 2. The summed E-state index contributed by atoms with van der Waals surface area (Å²) in [5, 5.41) is 20.6. The van der Waals surface area contributed by atoms with Gasteiger partial charge in [0, 0.05) is 12.0 Å². The molecule has 34 heavy (non-hydrogen) atoms. The second-order valence-electron chi connectivity index (χ2n) is 7.76. The average Bonchev–Trinajstić information content (AvgIpc) is 3.43. The number of aromatic nitrogens is 2. The molecule has 0 saturated heterocycles. The molecule has 0 fully saturated rings. The van der Waals surface area contributed by atoms with Crippen LogP contribution in [0.3, 0.4) is 0 Å². The van der Waals surface area contributed by atoms with Gasteiger partial charge in [-0.15, -0.1) is 0 Å². The van der Waals surface area contributed by atoms with Crippen molar-refractivity contribution in [1.82, 2.24) is 15.5 Å². The lowest BCUT2D eigenvalue weighted by Gasteiger charge is -2.14. The third kappa shape index (κ3) is 5.07. The molecule has 1 heterocycles. The number of thioether (sulfide) groups is 1. The van der Waals surface area contributed by atoms with Crippen LogP contribution in [-0.4, -0.2) is 57.9 Å². The predicted octanol–water partition coefficient (Wildman–Crippen LogP) is 3.71. The van der Waals surface area contributed by atoms with E-state index >= 15 is 0 Å². The van der Waals surface area contributed by atoms with Crippen LogP contribution >= 0.6 is 11.8 Å². The monoisotopic (exact) mass is 480 g/mol. The number of carbonyl (C=O) groups is 3. The third-order valence-corrected chi connectivity index (χ3v) is 6.25. The zero-order chi connectivity index (χ0) is 24.1. The molecule has 1 aliphatic rings. The van der Waals surface area contributed by atoms with E-state index in [9.17, 15) is 19.5 Å². The number of aromatic amines is 1. The molecule has 4 rings (SSSR count). The van der Waals surface area contributed by atoms with E-state index in [4.69, 9.17) is 4.74 Å². The van der Waals surface area contributed by atoms with Crippen molar-refractivity contribution in [2.24, 2.45) is 0 Å². The number of hydrogen-bond acceptors (Lipinski definition) is 6. The van der Waals surface area contributed by atoms with E-state index in [0.29, 0.717) is 12.2 Å². The number of nitrogens with zero attached hydrogens (tertiary/aromatic N) is 1. The first-order valence-electron chi connectivity index (χ1n) is 10.7. The predicted molar refractivity (Wildman–Crippen MR) is 129 cm³/mol. The van der Waals surface area contributed by atoms with Gasteiger partial charge < -0.3 is 15.2 Å². The number of rotatable bonds is 9. The summed E-state index contributed by atoms with van der Waals surface area (Å²) < 4.78 is 5.47. The van der Waals surface area contributed by atoms with Crippen molar-refractivity contribution in [3.05, 3.63) is 71.4 Å². The minimum Gasteiger partial charge on any atom is -0.480 e. The summed E-state index contributed by atoms with van der Waals surface area (Å²) in [4.78, 5) is 36.1. The molecular formula is C24H24N4O5S. The van der Waals surface area contributed by atoms with Gasteiger partial charge in [-0.2, -0.15) is 16.9 Å². The Morgan fingerprint density at radius 3 is 2.38 bits per heavy atom. The van der Waals surface area contributed by atoms with Gasteiger partial charge in [0.1, 0.15) is 18.3 Å². The Labute approximate surface area is 200 Å². The minimum absolute atomic E-state index is 0.0318. The van der Waals surface area contributed by atoms with Gasteiger partial charge in [-0.3, -0.25) is 15.2 Å². The van der Waals surface area contributed by atoms with E-state index in [1.165, 1.54) is 17.8 Å². The largest absolute Gasteiger partial charge is 0.480 e. The number of aliphatic carboxylic acids is 1. The van der Waals surface area contributed by atoms with Gasteiger partial charge in [0.25, 0.3) is 5.91 Å². The minimum atomic E-state index is -1.11. The lowest BCUT2D eigenvalue weighted by molar-refractivity contribution is -0.139. The maximum atomic E-state index is 12.4. The average molecular weight is 481 g/mol. The van der Waals surface area contributed by atoms with Crippen molar-refractivity contribution in [3.63, 3.8) is 0 Å². The number of hydrogen-bond donors (Lipinski definition) is 4. The molecular weight excluding hydrogens is 456 g/mol. The van der Waals surface area contributed by atoms with Gasteiger partial charge in [-0.05, 0) is 40.7 Å². The quantitative estimate of drug-likeness (QED) is 0.367. The van der Waals surface area contributed by atoms with Gasteiger partial charge in [-0.25, -0.2) is 9.59 Å². The van der Waals surface area contributed by atoms with Crippen LogP contribution in [0.1, 0.15) is 34.0 Å². The Balaban J connectivity index is 1.35. The molecule has 4 N–H and O–H groups in total. The Kier molecular flexibility index (Phi) is 7.17. The lowest BCUT2D eigenvalue weighted by atomic mass is 9.98. The van der Waals surface area contributed by atoms with E-state index in [0.717, 1.165) is 22.3 Å². The molecule has 2 amide bonds. The van der Waals surface area contributed by atoms with Crippen molar-refractivity contribution in [1.29, 1.82) is 0 Å². The maximum absolute atomic E-state index is 12.4. The molecule has 0 aliphatic heterocycles. The van der Waals surface area contributed by atoms with Crippen LogP contribution in [0, 0.1) is 0 Å². The van der Waals surface area contributed by atoms with Crippen LogP contribution < -0.4 is 10.6 Å². The van der Waals surface area contributed by atoms with Crippen molar-refractivity contribution < 1.29 is 24.2 Å². The van der Waals surface area contributed by atoms with Gasteiger partial charge in [-0.1, -0.05) is 48.5 Å². The molecule has 0 unspecified atom stereocenters. The second-order valence-corrected chi connectivity index (χ2v) is 8.75. The van der Waals surface area contributed by atoms with E-state index in [2.05, 4.69) is 33.0 Å². The Morgan fingerprint density at radius 2 is 1.76 bits per heavy atom. The molecule has 10 heteroatoms. The highest BCUT2D eigenvalue weighted by Gasteiger charge is 2.29. The first kappa shape index (κ1) is 23.4. The summed E-state index contributed by atoms with van der Waals surface area (Å²) in [6.45, 7) is 0.146. The molecule has 0 radical (unpaired) electrons. The highest BCUT2D eigenvalue weighted by Crippen LogP contribution is 2.44. The standard InChI is InChI=1S/C24H24N4O5S/c1-34-11-10-19(23(30)31)25-22(29)20-12-21(28-27-20)26-24(32)33-13-18-16-8-4-2-6-14(16)15-7-3-5-9-17(15)18/h2-9,12,18-19H,10-11,13H2,1H3,(H,25,29)(H,30,31)(H2,26,27,28,32)/t19-/m1/s1. The number of ether oxygens (including phenoxy) is 1. The summed E-state index contributed by atoms with van der Waals surface area (Å²) in [5.41, 5.74) is 4.50. The number of carboxylic acids is 1. The van der Waals surface area contributed by atoms with Gasteiger partial charge in [0.2, 0.25) is 0 Å². The number of fused-ring (bicyclic) bond motifs is 3. The molecule has 9 nitrogen and oxygen atoms in total. The zero-order valence-corrected chi connectivity index (χ0v) is 19.2. The Hall–Kier alpha value is -3.79. The Bertz CT molecular complexity index is 1170. The first-order chi connectivity index (χ1) is 16.5. The van der Waals surface area contributed by atoms with Crippen molar-refractivity contribution in [3.8, 4) is 11.1 Å². The number of H-pyrrole nitrogens is 1. The van der Waals surface area contributed by atoms with Gasteiger partial charge in [0.05, 0.1) is 0 Å². The summed E-state index contributed by atoms with van der Waals surface area (Å²) >= 11 is 1.49. The third-order valence-electron chi connectivity index (χ3n) is 5.61. The molecule has 0 bridgehead atoms. The van der Waals surface area contributed by atoms with Crippen LogP contribution in [0.25, 0.3) is 11.1 Å². The highest BCUT2D eigenvalue weighted by molar-refractivity contribution is 7.98.